The fourth-order valence-corrected chi connectivity index (χ4v) is 5.05. The Bertz CT molecular complexity index is 1460. The van der Waals surface area contributed by atoms with Crippen LogP contribution in [0.4, 0.5) is 17.3 Å². The number of hydrogen-bond acceptors (Lipinski definition) is 9. The van der Waals surface area contributed by atoms with Crippen molar-refractivity contribution in [2.45, 2.75) is 31.7 Å². The molecule has 4 aromatic rings. The number of amides is 1. The molecule has 0 unspecified atom stereocenters. The summed E-state index contributed by atoms with van der Waals surface area (Å²) in [5, 5.41) is 24.0. The molecule has 1 aliphatic rings. The van der Waals surface area contributed by atoms with Crippen LogP contribution in [0.3, 0.4) is 0 Å². The zero-order chi connectivity index (χ0) is 27.9. The Labute approximate surface area is 236 Å². The minimum atomic E-state index is -0.198. The Morgan fingerprint density at radius 3 is 2.95 bits per heavy atom. The minimum Gasteiger partial charge on any atom is -0.493 e. The molecule has 2 aromatic heterocycles. The van der Waals surface area contributed by atoms with E-state index >= 15 is 0 Å². The molecule has 1 aliphatic heterocycles. The van der Waals surface area contributed by atoms with Crippen LogP contribution >= 0.6 is 11.6 Å². The standard InChI is InChI=1S/C28H32ClN7O4/c1-39-24-14-22-23(15-25(24)40-10-4-9-36-8-3-7-21(36)16-37)30-17-31-28(22)33-26-12-20(34-35-26)13-27(38)32-19-6-2-5-18(29)11-19/h2,5-6,11-12,14-15,17,21,37H,3-4,7-10,13,16H2,1H3,(H,32,38)(H2,30,31,33,34,35)/t21-/m0/s1. The van der Waals surface area contributed by atoms with Gasteiger partial charge in [-0.2, -0.15) is 5.10 Å². The predicted octanol–water partition coefficient (Wildman–Crippen LogP) is 4.17. The van der Waals surface area contributed by atoms with E-state index in [0.29, 0.717) is 51.7 Å². The first kappa shape index (κ1) is 27.6. The molecule has 4 N–H and O–H groups in total. The van der Waals surface area contributed by atoms with E-state index in [2.05, 4.69) is 35.7 Å². The van der Waals surface area contributed by atoms with Gasteiger partial charge in [-0.3, -0.25) is 14.8 Å². The van der Waals surface area contributed by atoms with Gasteiger partial charge in [0.25, 0.3) is 0 Å². The summed E-state index contributed by atoms with van der Waals surface area (Å²) in [5.41, 5.74) is 1.94. The van der Waals surface area contributed by atoms with E-state index in [1.165, 1.54) is 6.33 Å². The molecule has 0 saturated carbocycles. The van der Waals surface area contributed by atoms with E-state index < -0.39 is 0 Å². The van der Waals surface area contributed by atoms with Crippen LogP contribution in [0.2, 0.25) is 5.02 Å². The number of carbonyl (C=O) groups is 1. The number of H-pyrrole nitrogens is 1. The Morgan fingerprint density at radius 1 is 1.23 bits per heavy atom. The fourth-order valence-electron chi connectivity index (χ4n) is 4.86. The highest BCUT2D eigenvalue weighted by Gasteiger charge is 2.23. The highest BCUT2D eigenvalue weighted by atomic mass is 35.5. The highest BCUT2D eigenvalue weighted by Crippen LogP contribution is 2.34. The Hall–Kier alpha value is -3.93. The number of nitrogens with one attached hydrogen (secondary N) is 3. The van der Waals surface area contributed by atoms with Gasteiger partial charge in [-0.15, -0.1) is 0 Å². The lowest BCUT2D eigenvalue weighted by molar-refractivity contribution is -0.115. The fraction of sp³-hybridized carbons (Fsp3) is 0.357. The third-order valence-corrected chi connectivity index (χ3v) is 7.05. The molecule has 11 nitrogen and oxygen atoms in total. The van der Waals surface area contributed by atoms with Crippen molar-refractivity contribution < 1.29 is 19.4 Å². The lowest BCUT2D eigenvalue weighted by Gasteiger charge is -2.22. The number of nitrogens with zero attached hydrogens (tertiary/aromatic N) is 4. The summed E-state index contributed by atoms with van der Waals surface area (Å²) < 4.78 is 11.7. The van der Waals surface area contributed by atoms with Crippen molar-refractivity contribution in [1.82, 2.24) is 25.1 Å². The summed E-state index contributed by atoms with van der Waals surface area (Å²) in [7, 11) is 1.59. The van der Waals surface area contributed by atoms with Gasteiger partial charge in [-0.05, 0) is 50.1 Å². The summed E-state index contributed by atoms with van der Waals surface area (Å²) in [6.45, 7) is 2.62. The van der Waals surface area contributed by atoms with Crippen molar-refractivity contribution in [3.63, 3.8) is 0 Å². The molecule has 210 valence electrons. The van der Waals surface area contributed by atoms with E-state index in [1.54, 1.807) is 37.4 Å². The summed E-state index contributed by atoms with van der Waals surface area (Å²) in [4.78, 5) is 23.6. The van der Waals surface area contributed by atoms with Gasteiger partial charge in [0.15, 0.2) is 17.3 Å². The van der Waals surface area contributed by atoms with Crippen LogP contribution < -0.4 is 20.1 Å². The van der Waals surface area contributed by atoms with Gasteiger partial charge in [0, 0.05) is 46.5 Å². The molecule has 1 atom stereocenters. The van der Waals surface area contributed by atoms with Gasteiger partial charge in [-0.25, -0.2) is 9.97 Å². The van der Waals surface area contributed by atoms with Crippen LogP contribution in [-0.2, 0) is 11.2 Å². The number of aliphatic hydroxyl groups is 1. The first-order valence-electron chi connectivity index (χ1n) is 13.2. The maximum absolute atomic E-state index is 12.4. The molecular weight excluding hydrogens is 534 g/mol. The van der Waals surface area contributed by atoms with Gasteiger partial charge < -0.3 is 25.2 Å². The van der Waals surface area contributed by atoms with E-state index in [4.69, 9.17) is 21.1 Å². The second-order valence-electron chi connectivity index (χ2n) is 9.60. The summed E-state index contributed by atoms with van der Waals surface area (Å²) in [6.07, 6.45) is 4.59. The quantitative estimate of drug-likeness (QED) is 0.186. The topological polar surface area (TPSA) is 138 Å². The molecule has 0 spiro atoms. The number of benzene rings is 2. The monoisotopic (exact) mass is 565 g/mol. The Kier molecular flexibility index (Phi) is 8.94. The zero-order valence-corrected chi connectivity index (χ0v) is 22.9. The van der Waals surface area contributed by atoms with E-state index in [1.807, 2.05) is 12.1 Å². The van der Waals surface area contributed by atoms with Crippen molar-refractivity contribution in [2.75, 3.05) is 44.0 Å². The number of halogens is 1. The molecule has 5 rings (SSSR count). The maximum atomic E-state index is 12.4. The molecule has 1 amide bonds. The van der Waals surface area contributed by atoms with Crippen LogP contribution in [-0.4, -0.2) is 75.5 Å². The average Bonchev–Trinajstić information content (AvgIpc) is 3.59. The van der Waals surface area contributed by atoms with Crippen LogP contribution in [0.5, 0.6) is 11.5 Å². The van der Waals surface area contributed by atoms with Crippen LogP contribution in [0.25, 0.3) is 10.9 Å². The van der Waals surface area contributed by atoms with Crippen LogP contribution in [0.1, 0.15) is 25.0 Å². The number of anilines is 3. The molecule has 1 fully saturated rings. The first-order chi connectivity index (χ1) is 19.5. The predicted molar refractivity (Wildman–Crippen MR) is 154 cm³/mol. The van der Waals surface area contributed by atoms with Crippen molar-refractivity contribution in [3.05, 3.63) is 59.5 Å². The van der Waals surface area contributed by atoms with Crippen LogP contribution in [0, 0.1) is 0 Å². The number of likely N-dealkylation sites (tertiary alicyclic amines) is 1. The van der Waals surface area contributed by atoms with Crippen LogP contribution in [0.15, 0.2) is 48.8 Å². The number of ether oxygens (including phenoxy) is 2. The Morgan fingerprint density at radius 2 is 2.12 bits per heavy atom. The number of rotatable bonds is 12. The van der Waals surface area contributed by atoms with Gasteiger partial charge in [0.1, 0.15) is 12.1 Å². The van der Waals surface area contributed by atoms with E-state index in [0.717, 1.165) is 37.7 Å². The van der Waals surface area contributed by atoms with Gasteiger partial charge in [0.2, 0.25) is 5.91 Å². The number of hydrogen-bond donors (Lipinski definition) is 4. The number of aliphatic hydroxyl groups excluding tert-OH is 1. The number of fused-ring (bicyclic) bond motifs is 1. The molecule has 0 radical (unpaired) electrons. The lowest BCUT2D eigenvalue weighted by Crippen LogP contribution is -2.33. The minimum absolute atomic E-state index is 0.110. The van der Waals surface area contributed by atoms with Gasteiger partial charge in [-0.1, -0.05) is 17.7 Å². The second kappa shape index (κ2) is 12.9. The summed E-state index contributed by atoms with van der Waals surface area (Å²) in [6, 6.07) is 12.7. The summed E-state index contributed by atoms with van der Waals surface area (Å²) in [5.74, 6) is 2.02. The third-order valence-electron chi connectivity index (χ3n) is 6.81. The van der Waals surface area contributed by atoms with Gasteiger partial charge in [0.05, 0.1) is 32.3 Å². The first-order valence-corrected chi connectivity index (χ1v) is 13.6. The third kappa shape index (κ3) is 6.79. The number of aromatic amines is 1. The molecule has 40 heavy (non-hydrogen) atoms. The number of carbonyl (C=O) groups excluding carboxylic acids is 1. The molecule has 0 bridgehead atoms. The largest absolute Gasteiger partial charge is 0.493 e. The Balaban J connectivity index is 1.22. The molecule has 1 saturated heterocycles. The van der Waals surface area contributed by atoms with Crippen molar-refractivity contribution in [1.29, 1.82) is 0 Å². The van der Waals surface area contributed by atoms with Crippen molar-refractivity contribution in [3.8, 4) is 11.5 Å². The normalized spacial score (nSPS) is 15.3. The van der Waals surface area contributed by atoms with Crippen molar-refractivity contribution >= 4 is 45.7 Å². The summed E-state index contributed by atoms with van der Waals surface area (Å²) >= 11 is 5.99. The second-order valence-corrected chi connectivity index (χ2v) is 10.0. The molecular formula is C28H32ClN7O4. The molecule has 12 heteroatoms. The average molecular weight is 566 g/mol. The zero-order valence-electron chi connectivity index (χ0n) is 22.2. The van der Waals surface area contributed by atoms with Crippen molar-refractivity contribution in [2.24, 2.45) is 0 Å². The van der Waals surface area contributed by atoms with Gasteiger partial charge >= 0.3 is 0 Å². The SMILES string of the molecule is COc1cc2c(Nc3cc(CC(=O)Nc4cccc(Cl)c4)[nH]n3)ncnc2cc1OCCCN1CCC[C@H]1CO. The lowest BCUT2D eigenvalue weighted by atomic mass is 10.2. The smallest absolute Gasteiger partial charge is 0.230 e. The maximum Gasteiger partial charge on any atom is 0.230 e. The van der Waals surface area contributed by atoms with E-state index in [-0.39, 0.29) is 25.0 Å². The molecule has 0 aliphatic carbocycles. The highest BCUT2D eigenvalue weighted by molar-refractivity contribution is 6.30. The number of methoxy groups -OCH3 is 1. The molecule has 2 aromatic carbocycles. The van der Waals surface area contributed by atoms with E-state index in [9.17, 15) is 9.90 Å². The molecule has 3 heterocycles. The number of aromatic nitrogens is 4.